The van der Waals surface area contributed by atoms with Crippen molar-refractivity contribution in [2.45, 2.75) is 33.1 Å². The molecule has 0 aliphatic rings. The summed E-state index contributed by atoms with van der Waals surface area (Å²) in [5.41, 5.74) is 2.48. The van der Waals surface area contributed by atoms with Crippen LogP contribution in [0.3, 0.4) is 0 Å². The zero-order chi connectivity index (χ0) is 22.9. The Kier molecular flexibility index (Phi) is 5.64. The Labute approximate surface area is 181 Å². The van der Waals surface area contributed by atoms with Crippen LogP contribution in [-0.4, -0.2) is 34.7 Å². The van der Waals surface area contributed by atoms with Gasteiger partial charge in [-0.15, -0.1) is 5.10 Å². The van der Waals surface area contributed by atoms with E-state index in [-0.39, 0.29) is 24.9 Å². The third kappa shape index (κ3) is 4.93. The topological polar surface area (TPSA) is 83.5 Å². The van der Waals surface area contributed by atoms with Crippen LogP contribution in [0, 0.1) is 13.8 Å². The molecule has 0 saturated heterocycles. The van der Waals surface area contributed by atoms with Gasteiger partial charge in [0.05, 0.1) is 23.1 Å². The molecule has 0 saturated carbocycles. The summed E-state index contributed by atoms with van der Waals surface area (Å²) in [5, 5.41) is 12.2. The monoisotopic (exact) mass is 443 g/mol. The molecule has 0 bridgehead atoms. The largest absolute Gasteiger partial charge is 0.471 e. The molecule has 166 valence electrons. The van der Waals surface area contributed by atoms with Crippen LogP contribution in [0.5, 0.6) is 5.88 Å². The number of benzene rings is 1. The molecular weight excluding hydrogens is 423 g/mol. The number of hydrogen-bond acceptors (Lipinski definition) is 6. The first-order chi connectivity index (χ1) is 15.2. The molecule has 0 spiro atoms. The van der Waals surface area contributed by atoms with E-state index in [9.17, 15) is 13.2 Å². The third-order valence-corrected chi connectivity index (χ3v) is 4.60. The Balaban J connectivity index is 1.67. The first-order valence-corrected chi connectivity index (χ1v) is 9.73. The van der Waals surface area contributed by atoms with Crippen molar-refractivity contribution in [1.29, 1.82) is 0 Å². The number of aryl methyl sites for hydroxylation is 3. The van der Waals surface area contributed by atoms with E-state index in [0.29, 0.717) is 17.0 Å². The van der Waals surface area contributed by atoms with Crippen molar-refractivity contribution in [3.63, 3.8) is 0 Å². The predicted molar refractivity (Wildman–Crippen MR) is 108 cm³/mol. The maximum Gasteiger partial charge on any atom is 0.416 e. The zero-order valence-corrected chi connectivity index (χ0v) is 17.6. The van der Waals surface area contributed by atoms with Crippen LogP contribution in [0.1, 0.15) is 33.9 Å². The summed E-state index contributed by atoms with van der Waals surface area (Å²) in [5.74, 6) is 0.532. The van der Waals surface area contributed by atoms with Crippen molar-refractivity contribution in [3.8, 4) is 11.8 Å². The Bertz CT molecular complexity index is 1250. The molecule has 0 unspecified atom stereocenters. The molecule has 4 aromatic rings. The first-order valence-electron chi connectivity index (χ1n) is 9.73. The summed E-state index contributed by atoms with van der Waals surface area (Å²) in [6.45, 7) is 3.84. The van der Waals surface area contributed by atoms with E-state index in [2.05, 4.69) is 25.4 Å². The number of aromatic nitrogens is 7. The number of ether oxygens (including phenoxy) is 1. The molecule has 0 aliphatic heterocycles. The van der Waals surface area contributed by atoms with Crippen molar-refractivity contribution >= 4 is 0 Å². The minimum absolute atomic E-state index is 0.129. The smallest absolute Gasteiger partial charge is 0.416 e. The van der Waals surface area contributed by atoms with E-state index in [4.69, 9.17) is 4.74 Å². The molecule has 0 aliphatic carbocycles. The minimum Gasteiger partial charge on any atom is -0.471 e. The van der Waals surface area contributed by atoms with Crippen LogP contribution in [0.15, 0.2) is 42.6 Å². The second-order valence-electron chi connectivity index (χ2n) is 7.38. The lowest BCUT2D eigenvalue weighted by atomic mass is 10.1. The van der Waals surface area contributed by atoms with Gasteiger partial charge in [0, 0.05) is 25.2 Å². The SMILES string of the molecule is Cc1cc(C)n(-c2nc(Cc3cccc(C(F)(F)F)c3)cc(OCc3cn(C)nn3)n2)n1. The predicted octanol–water partition coefficient (Wildman–Crippen LogP) is 3.60. The molecule has 8 nitrogen and oxygen atoms in total. The molecule has 3 heterocycles. The summed E-state index contributed by atoms with van der Waals surface area (Å²) < 4.78 is 48.2. The lowest BCUT2D eigenvalue weighted by molar-refractivity contribution is -0.137. The fourth-order valence-corrected chi connectivity index (χ4v) is 3.23. The van der Waals surface area contributed by atoms with E-state index in [1.54, 1.807) is 34.7 Å². The highest BCUT2D eigenvalue weighted by atomic mass is 19.4. The van der Waals surface area contributed by atoms with Crippen LogP contribution >= 0.6 is 0 Å². The van der Waals surface area contributed by atoms with E-state index in [0.717, 1.165) is 23.5 Å². The maximum atomic E-state index is 13.1. The fourth-order valence-electron chi connectivity index (χ4n) is 3.23. The van der Waals surface area contributed by atoms with Crippen molar-refractivity contribution < 1.29 is 17.9 Å². The second kappa shape index (κ2) is 8.40. The lowest BCUT2D eigenvalue weighted by Gasteiger charge is -2.11. The molecule has 0 radical (unpaired) electrons. The summed E-state index contributed by atoms with van der Waals surface area (Å²) in [6, 6.07) is 8.65. The van der Waals surface area contributed by atoms with Gasteiger partial charge in [0.2, 0.25) is 5.88 Å². The van der Waals surface area contributed by atoms with Crippen LogP contribution < -0.4 is 4.74 Å². The summed E-state index contributed by atoms with van der Waals surface area (Å²) in [6.07, 6.45) is -2.53. The quantitative estimate of drug-likeness (QED) is 0.453. The lowest BCUT2D eigenvalue weighted by Crippen LogP contribution is -2.10. The van der Waals surface area contributed by atoms with Gasteiger partial charge < -0.3 is 4.74 Å². The van der Waals surface area contributed by atoms with E-state index in [1.807, 2.05) is 19.9 Å². The molecule has 11 heteroatoms. The number of nitrogens with zero attached hydrogens (tertiary/aromatic N) is 7. The molecule has 4 rings (SSSR count). The molecule has 0 atom stereocenters. The normalized spacial score (nSPS) is 11.7. The number of hydrogen-bond donors (Lipinski definition) is 0. The summed E-state index contributed by atoms with van der Waals surface area (Å²) in [4.78, 5) is 8.95. The van der Waals surface area contributed by atoms with Crippen LogP contribution in [0.2, 0.25) is 0 Å². The fraction of sp³-hybridized carbons (Fsp3) is 0.286. The molecule has 0 fully saturated rings. The first kappa shape index (κ1) is 21.5. The molecule has 1 aromatic carbocycles. The minimum atomic E-state index is -4.42. The second-order valence-corrected chi connectivity index (χ2v) is 7.38. The van der Waals surface area contributed by atoms with Crippen LogP contribution in [-0.2, 0) is 26.3 Å². The Hall–Kier alpha value is -3.76. The van der Waals surface area contributed by atoms with E-state index < -0.39 is 11.7 Å². The van der Waals surface area contributed by atoms with Gasteiger partial charge in [-0.1, -0.05) is 23.4 Å². The maximum absolute atomic E-state index is 13.1. The van der Waals surface area contributed by atoms with Crippen molar-refractivity contribution in [3.05, 3.63) is 76.5 Å². The highest BCUT2D eigenvalue weighted by Gasteiger charge is 2.30. The van der Waals surface area contributed by atoms with Crippen molar-refractivity contribution in [1.82, 2.24) is 34.7 Å². The van der Waals surface area contributed by atoms with Crippen molar-refractivity contribution in [2.75, 3.05) is 0 Å². The number of rotatable bonds is 6. The van der Waals surface area contributed by atoms with Gasteiger partial charge in [-0.3, -0.25) is 4.68 Å². The van der Waals surface area contributed by atoms with Gasteiger partial charge in [-0.2, -0.15) is 23.3 Å². The molecule has 0 N–H and O–H groups in total. The van der Waals surface area contributed by atoms with Crippen LogP contribution in [0.25, 0.3) is 5.95 Å². The highest BCUT2D eigenvalue weighted by Crippen LogP contribution is 2.30. The Morgan fingerprint density at radius 3 is 2.50 bits per heavy atom. The van der Waals surface area contributed by atoms with Crippen LogP contribution in [0.4, 0.5) is 13.2 Å². The number of halogens is 3. The Morgan fingerprint density at radius 2 is 1.84 bits per heavy atom. The van der Waals surface area contributed by atoms with Gasteiger partial charge >= 0.3 is 6.18 Å². The van der Waals surface area contributed by atoms with Crippen molar-refractivity contribution in [2.24, 2.45) is 7.05 Å². The average molecular weight is 443 g/mol. The molecular formula is C21H20F3N7O. The molecule has 32 heavy (non-hydrogen) atoms. The van der Waals surface area contributed by atoms with Gasteiger partial charge in [-0.25, -0.2) is 9.67 Å². The zero-order valence-electron chi connectivity index (χ0n) is 17.6. The van der Waals surface area contributed by atoms with E-state index >= 15 is 0 Å². The van der Waals surface area contributed by atoms with Gasteiger partial charge in [0.1, 0.15) is 12.3 Å². The molecule has 3 aromatic heterocycles. The standard InChI is InChI=1S/C21H20F3N7O/c1-13-7-14(2)31(28-13)20-25-17(9-15-5-4-6-16(8-15)21(22,23)24)10-19(26-20)32-12-18-11-30(3)29-27-18/h4-8,10-11H,9,12H2,1-3H3. The summed E-state index contributed by atoms with van der Waals surface area (Å²) >= 11 is 0. The summed E-state index contributed by atoms with van der Waals surface area (Å²) in [7, 11) is 1.75. The van der Waals surface area contributed by atoms with Gasteiger partial charge in [-0.05, 0) is 31.5 Å². The third-order valence-electron chi connectivity index (χ3n) is 4.60. The van der Waals surface area contributed by atoms with Gasteiger partial charge in [0.15, 0.2) is 0 Å². The highest BCUT2D eigenvalue weighted by molar-refractivity contribution is 5.32. The number of alkyl halides is 3. The molecule has 0 amide bonds. The van der Waals surface area contributed by atoms with Gasteiger partial charge in [0.25, 0.3) is 5.95 Å². The van der Waals surface area contributed by atoms with E-state index in [1.165, 1.54) is 6.07 Å². The average Bonchev–Trinajstić information content (AvgIpc) is 3.30. The Morgan fingerprint density at radius 1 is 1.03 bits per heavy atom.